The number of aryl methyl sites for hydroxylation is 2. The van der Waals surface area contributed by atoms with Crippen molar-refractivity contribution in [1.29, 1.82) is 5.26 Å². The van der Waals surface area contributed by atoms with E-state index in [1.165, 1.54) is 0 Å². The first-order valence-electron chi connectivity index (χ1n) is 10.6. The Morgan fingerprint density at radius 3 is 2.65 bits per heavy atom. The van der Waals surface area contributed by atoms with Gasteiger partial charge in [0, 0.05) is 43.9 Å². The monoisotopic (exact) mass is 424 g/mol. The maximum atomic E-state index is 12.7. The lowest BCUT2D eigenvalue weighted by atomic mass is 9.95. The Labute approximate surface area is 181 Å². The molecule has 2 N–H and O–H groups in total. The predicted octanol–water partition coefficient (Wildman–Crippen LogP) is 1.89. The van der Waals surface area contributed by atoms with E-state index in [-0.39, 0.29) is 23.3 Å². The van der Waals surface area contributed by atoms with Crippen LogP contribution in [-0.4, -0.2) is 44.6 Å². The Kier molecular flexibility index (Phi) is 6.90. The number of anilines is 1. The van der Waals surface area contributed by atoms with Gasteiger partial charge in [-0.1, -0.05) is 0 Å². The van der Waals surface area contributed by atoms with Crippen molar-refractivity contribution in [2.24, 2.45) is 5.92 Å². The molecular formula is C22H28N6O3. The minimum atomic E-state index is -0.394. The summed E-state index contributed by atoms with van der Waals surface area (Å²) in [7, 11) is 0. The second kappa shape index (κ2) is 9.60. The quantitative estimate of drug-likeness (QED) is 0.733. The van der Waals surface area contributed by atoms with Gasteiger partial charge in [0.15, 0.2) is 0 Å². The van der Waals surface area contributed by atoms with Gasteiger partial charge in [0.1, 0.15) is 11.6 Å². The average molecular weight is 425 g/mol. The van der Waals surface area contributed by atoms with Crippen LogP contribution < -0.4 is 10.9 Å². The van der Waals surface area contributed by atoms with E-state index >= 15 is 0 Å². The van der Waals surface area contributed by atoms with E-state index in [1.54, 1.807) is 35.8 Å². The maximum absolute atomic E-state index is 12.7. The Morgan fingerprint density at radius 2 is 2.03 bits per heavy atom. The van der Waals surface area contributed by atoms with Crippen LogP contribution in [0, 0.1) is 31.1 Å². The van der Waals surface area contributed by atoms with Crippen LogP contribution in [0.3, 0.4) is 0 Å². The summed E-state index contributed by atoms with van der Waals surface area (Å²) in [5.74, 6) is -0.145. The Hall–Kier alpha value is -3.41. The normalized spacial score (nSPS) is 14.3. The molecule has 0 unspecified atom stereocenters. The number of H-pyrrole nitrogens is 1. The number of aromatic amines is 1. The molecule has 0 radical (unpaired) electrons. The molecular weight excluding hydrogens is 396 g/mol. The second-order valence-electron chi connectivity index (χ2n) is 7.90. The number of hydrogen-bond acceptors (Lipinski definition) is 5. The van der Waals surface area contributed by atoms with Crippen LogP contribution in [0.5, 0.6) is 0 Å². The molecule has 0 atom stereocenters. The lowest BCUT2D eigenvalue weighted by Gasteiger charge is -2.31. The minimum absolute atomic E-state index is 0.0200. The number of pyridine rings is 1. The molecule has 2 aromatic heterocycles. The van der Waals surface area contributed by atoms with E-state index in [2.05, 4.69) is 15.4 Å². The first kappa shape index (κ1) is 22.3. The lowest BCUT2D eigenvalue weighted by Crippen LogP contribution is -2.41. The van der Waals surface area contributed by atoms with Gasteiger partial charge in [-0.15, -0.1) is 0 Å². The highest BCUT2D eigenvalue weighted by Gasteiger charge is 2.27. The van der Waals surface area contributed by atoms with Crippen LogP contribution in [0.25, 0.3) is 0 Å². The first-order chi connectivity index (χ1) is 14.8. The molecule has 1 saturated heterocycles. The van der Waals surface area contributed by atoms with Crippen molar-refractivity contribution in [3.8, 4) is 6.07 Å². The Morgan fingerprint density at radius 1 is 1.32 bits per heavy atom. The highest BCUT2D eigenvalue weighted by molar-refractivity contribution is 5.92. The molecule has 1 fully saturated rings. The number of hydrogen-bond donors (Lipinski definition) is 2. The number of amides is 2. The summed E-state index contributed by atoms with van der Waals surface area (Å²) in [4.78, 5) is 41.5. The smallest absolute Gasteiger partial charge is 0.266 e. The molecule has 0 spiro atoms. The molecule has 0 aliphatic carbocycles. The van der Waals surface area contributed by atoms with Crippen molar-refractivity contribution in [3.05, 3.63) is 45.1 Å². The molecule has 0 saturated carbocycles. The van der Waals surface area contributed by atoms with Gasteiger partial charge in [0.05, 0.1) is 11.9 Å². The van der Waals surface area contributed by atoms with Crippen molar-refractivity contribution in [1.82, 2.24) is 19.7 Å². The topological polar surface area (TPSA) is 124 Å². The van der Waals surface area contributed by atoms with Gasteiger partial charge in [-0.3, -0.25) is 19.1 Å². The number of carbonyl (C=O) groups excluding carboxylic acids is 2. The van der Waals surface area contributed by atoms with E-state index in [0.717, 1.165) is 12.1 Å². The molecule has 164 valence electrons. The second-order valence-corrected chi connectivity index (χ2v) is 7.90. The van der Waals surface area contributed by atoms with Crippen LogP contribution in [0.1, 0.15) is 48.6 Å². The summed E-state index contributed by atoms with van der Waals surface area (Å²) in [5.41, 5.74) is 2.56. The van der Waals surface area contributed by atoms with Crippen LogP contribution in [0.2, 0.25) is 0 Å². The molecule has 3 heterocycles. The summed E-state index contributed by atoms with van der Waals surface area (Å²) in [5, 5.41) is 16.2. The number of piperidine rings is 1. The molecule has 31 heavy (non-hydrogen) atoms. The number of aromatic nitrogens is 3. The van der Waals surface area contributed by atoms with Crippen molar-refractivity contribution >= 4 is 17.5 Å². The standard InChI is InChI=1S/C22H28N6O3/c1-4-28-13-17(12-24-28)26-21(30)16-7-9-27(10-8-16)20(29)6-5-18-14(2)19(11-23)22(31)25-15(18)3/h12-13,16H,4-10H2,1-3H3,(H,25,31)(H,26,30). The van der Waals surface area contributed by atoms with Crippen molar-refractivity contribution in [2.45, 2.75) is 53.0 Å². The van der Waals surface area contributed by atoms with E-state index in [9.17, 15) is 19.6 Å². The highest BCUT2D eigenvalue weighted by atomic mass is 16.2. The van der Waals surface area contributed by atoms with Crippen LogP contribution in [-0.2, 0) is 22.6 Å². The molecule has 0 aromatic carbocycles. The molecule has 9 nitrogen and oxygen atoms in total. The third kappa shape index (κ3) is 5.02. The van der Waals surface area contributed by atoms with Gasteiger partial charge in [-0.2, -0.15) is 10.4 Å². The summed E-state index contributed by atoms with van der Waals surface area (Å²) in [6, 6.07) is 1.94. The summed E-state index contributed by atoms with van der Waals surface area (Å²) < 4.78 is 1.75. The number of nitriles is 1. The number of nitrogens with zero attached hydrogens (tertiary/aromatic N) is 4. The van der Waals surface area contributed by atoms with Gasteiger partial charge < -0.3 is 15.2 Å². The van der Waals surface area contributed by atoms with E-state index < -0.39 is 5.56 Å². The molecule has 9 heteroatoms. The van der Waals surface area contributed by atoms with Crippen LogP contribution >= 0.6 is 0 Å². The van der Waals surface area contributed by atoms with E-state index in [1.807, 2.05) is 13.0 Å². The summed E-state index contributed by atoms with van der Waals surface area (Å²) >= 11 is 0. The number of likely N-dealkylation sites (tertiary alicyclic amines) is 1. The molecule has 2 amide bonds. The zero-order valence-electron chi connectivity index (χ0n) is 18.2. The number of carbonyl (C=O) groups is 2. The Balaban J connectivity index is 1.52. The molecule has 3 rings (SSSR count). The minimum Gasteiger partial charge on any atom is -0.343 e. The zero-order valence-corrected chi connectivity index (χ0v) is 18.2. The third-order valence-electron chi connectivity index (χ3n) is 5.95. The fourth-order valence-corrected chi connectivity index (χ4v) is 4.05. The lowest BCUT2D eigenvalue weighted by molar-refractivity contribution is -0.134. The summed E-state index contributed by atoms with van der Waals surface area (Å²) in [6.07, 6.45) is 5.44. The fourth-order valence-electron chi connectivity index (χ4n) is 4.05. The van der Waals surface area contributed by atoms with Crippen LogP contribution in [0.4, 0.5) is 5.69 Å². The predicted molar refractivity (Wildman–Crippen MR) is 115 cm³/mol. The first-order valence-corrected chi connectivity index (χ1v) is 10.6. The van der Waals surface area contributed by atoms with Gasteiger partial charge in [-0.05, 0) is 51.2 Å². The molecule has 2 aromatic rings. The molecule has 0 bridgehead atoms. The van der Waals surface area contributed by atoms with E-state index in [0.29, 0.717) is 55.7 Å². The van der Waals surface area contributed by atoms with Gasteiger partial charge >= 0.3 is 0 Å². The molecule has 1 aliphatic rings. The van der Waals surface area contributed by atoms with Crippen molar-refractivity contribution in [2.75, 3.05) is 18.4 Å². The largest absolute Gasteiger partial charge is 0.343 e. The number of rotatable bonds is 6. The fraction of sp³-hybridized carbons (Fsp3) is 0.500. The average Bonchev–Trinajstić information content (AvgIpc) is 3.21. The Bertz CT molecular complexity index is 1070. The van der Waals surface area contributed by atoms with Crippen LogP contribution in [0.15, 0.2) is 17.2 Å². The van der Waals surface area contributed by atoms with Crippen molar-refractivity contribution in [3.63, 3.8) is 0 Å². The van der Waals surface area contributed by atoms with Gasteiger partial charge in [0.2, 0.25) is 11.8 Å². The van der Waals surface area contributed by atoms with Crippen molar-refractivity contribution < 1.29 is 9.59 Å². The molecule has 1 aliphatic heterocycles. The summed E-state index contributed by atoms with van der Waals surface area (Å²) in [6.45, 7) is 7.33. The third-order valence-corrected chi connectivity index (χ3v) is 5.95. The SMILES string of the molecule is CCn1cc(NC(=O)C2CCN(C(=O)CCc3c(C)[nH]c(=O)c(C#N)c3C)CC2)cn1. The zero-order chi connectivity index (χ0) is 22.5. The number of nitrogens with one attached hydrogen (secondary N) is 2. The highest BCUT2D eigenvalue weighted by Crippen LogP contribution is 2.21. The van der Waals surface area contributed by atoms with Gasteiger partial charge in [0.25, 0.3) is 5.56 Å². The maximum Gasteiger partial charge on any atom is 0.266 e. The van der Waals surface area contributed by atoms with E-state index in [4.69, 9.17) is 0 Å². The van der Waals surface area contributed by atoms with Gasteiger partial charge in [-0.25, -0.2) is 0 Å².